The van der Waals surface area contributed by atoms with Gasteiger partial charge in [-0.15, -0.1) is 11.3 Å². The summed E-state index contributed by atoms with van der Waals surface area (Å²) in [6, 6.07) is 7.33. The summed E-state index contributed by atoms with van der Waals surface area (Å²) in [6.45, 7) is 4.74. The van der Waals surface area contributed by atoms with E-state index in [0.29, 0.717) is 10.6 Å². The minimum atomic E-state index is -0.497. The largest absolute Gasteiger partial charge is 0.365 e. The average molecular weight is 398 g/mol. The van der Waals surface area contributed by atoms with E-state index in [9.17, 15) is 9.59 Å². The molecule has 0 atom stereocenters. The normalized spacial score (nSPS) is 14.1. The van der Waals surface area contributed by atoms with Gasteiger partial charge in [-0.25, -0.2) is 4.79 Å². The number of rotatable bonds is 4. The molecule has 0 aliphatic carbocycles. The Morgan fingerprint density at radius 2 is 2.07 bits per heavy atom. The van der Waals surface area contributed by atoms with Gasteiger partial charge in [0, 0.05) is 42.1 Å². The number of benzene rings is 1. The van der Waals surface area contributed by atoms with Crippen molar-refractivity contribution < 1.29 is 9.59 Å². The summed E-state index contributed by atoms with van der Waals surface area (Å²) in [5, 5.41) is 7.22. The number of aryl methyl sites for hydroxylation is 1. The number of nitrogens with one attached hydrogen (secondary N) is 2. The molecule has 0 bridgehead atoms. The van der Waals surface area contributed by atoms with Gasteiger partial charge in [-0.1, -0.05) is 13.0 Å². The number of amides is 3. The van der Waals surface area contributed by atoms with Gasteiger partial charge in [-0.3, -0.25) is 15.0 Å². The Morgan fingerprint density at radius 1 is 1.25 bits per heavy atom. The van der Waals surface area contributed by atoms with Crippen LogP contribution in [0.5, 0.6) is 0 Å². The molecule has 8 heteroatoms. The number of hydrogen-bond donors (Lipinski definition) is 3. The Morgan fingerprint density at radius 3 is 2.82 bits per heavy atom. The van der Waals surface area contributed by atoms with Crippen molar-refractivity contribution in [2.24, 2.45) is 12.8 Å². The van der Waals surface area contributed by atoms with Gasteiger partial charge < -0.3 is 15.6 Å². The number of primary amides is 1. The van der Waals surface area contributed by atoms with Crippen molar-refractivity contribution in [3.05, 3.63) is 46.5 Å². The summed E-state index contributed by atoms with van der Waals surface area (Å²) in [7, 11) is 1.96. The third-order valence-electron chi connectivity index (χ3n) is 5.23. The van der Waals surface area contributed by atoms with Crippen LogP contribution in [0.2, 0.25) is 0 Å². The van der Waals surface area contributed by atoms with Gasteiger partial charge in [0.05, 0.1) is 11.3 Å². The summed E-state index contributed by atoms with van der Waals surface area (Å²) < 4.78 is 2.00. The number of likely N-dealkylation sites (N-methyl/N-ethyl adjacent to an activating group) is 1. The van der Waals surface area contributed by atoms with Crippen LogP contribution in [-0.4, -0.2) is 34.5 Å². The van der Waals surface area contributed by atoms with Crippen molar-refractivity contribution in [3.63, 3.8) is 0 Å². The van der Waals surface area contributed by atoms with Crippen LogP contribution in [-0.2, 0) is 20.0 Å². The van der Waals surface area contributed by atoms with E-state index in [4.69, 9.17) is 5.73 Å². The van der Waals surface area contributed by atoms with Crippen molar-refractivity contribution >= 4 is 44.9 Å². The first kappa shape index (κ1) is 18.5. The summed E-state index contributed by atoms with van der Waals surface area (Å²) in [5.41, 5.74) is 8.80. The highest BCUT2D eigenvalue weighted by Crippen LogP contribution is 2.37. The lowest BCUT2D eigenvalue weighted by Crippen LogP contribution is -2.30. The summed E-state index contributed by atoms with van der Waals surface area (Å²) in [5.74, 6) is -0.497. The number of nitrogens with two attached hydrogens (primary N) is 1. The van der Waals surface area contributed by atoms with Crippen LogP contribution in [0.15, 0.2) is 30.5 Å². The maximum atomic E-state index is 12.7. The van der Waals surface area contributed by atoms with Crippen molar-refractivity contribution in [2.75, 3.05) is 23.7 Å². The van der Waals surface area contributed by atoms with Crippen LogP contribution in [0.25, 0.3) is 10.9 Å². The molecule has 146 valence electrons. The first-order chi connectivity index (χ1) is 13.5. The van der Waals surface area contributed by atoms with Crippen LogP contribution in [0, 0.1) is 0 Å². The molecule has 4 rings (SSSR count). The maximum Gasteiger partial charge on any atom is 0.324 e. The molecule has 3 aromatic rings. The van der Waals surface area contributed by atoms with Crippen LogP contribution >= 0.6 is 11.3 Å². The predicted octanol–water partition coefficient (Wildman–Crippen LogP) is 3.36. The van der Waals surface area contributed by atoms with E-state index >= 15 is 0 Å². The molecule has 1 aliphatic rings. The first-order valence-corrected chi connectivity index (χ1v) is 10.1. The van der Waals surface area contributed by atoms with Gasteiger partial charge in [0.15, 0.2) is 0 Å². The SMILES string of the molecule is CCN1CCc2c(sc(NC(=O)Nc3cccc4c3ccn4C)c2C(N)=O)C1. The maximum absolute atomic E-state index is 12.7. The lowest BCUT2D eigenvalue weighted by molar-refractivity contribution is 0.1000. The van der Waals surface area contributed by atoms with E-state index in [0.717, 1.165) is 53.1 Å². The molecule has 1 aromatic carbocycles. The molecule has 3 amide bonds. The van der Waals surface area contributed by atoms with E-state index in [1.807, 2.05) is 42.1 Å². The van der Waals surface area contributed by atoms with E-state index < -0.39 is 5.91 Å². The van der Waals surface area contributed by atoms with Crippen molar-refractivity contribution in [1.82, 2.24) is 9.47 Å². The fourth-order valence-corrected chi connectivity index (χ4v) is 5.03. The molecule has 2 aromatic heterocycles. The van der Waals surface area contributed by atoms with Crippen LogP contribution < -0.4 is 16.4 Å². The molecular formula is C20H23N5O2S. The fourth-order valence-electron chi connectivity index (χ4n) is 3.74. The number of hydrogen-bond acceptors (Lipinski definition) is 4. The zero-order valence-electron chi connectivity index (χ0n) is 15.9. The molecule has 0 spiro atoms. The molecule has 0 saturated heterocycles. The quantitative estimate of drug-likeness (QED) is 0.630. The molecule has 28 heavy (non-hydrogen) atoms. The number of fused-ring (bicyclic) bond motifs is 2. The average Bonchev–Trinajstić information content (AvgIpc) is 3.22. The van der Waals surface area contributed by atoms with Crippen molar-refractivity contribution in [1.29, 1.82) is 0 Å². The van der Waals surface area contributed by atoms with Crippen LogP contribution in [0.4, 0.5) is 15.5 Å². The highest BCUT2D eigenvalue weighted by molar-refractivity contribution is 7.17. The number of carbonyl (C=O) groups is 2. The number of carbonyl (C=O) groups excluding carboxylic acids is 2. The standard InChI is InChI=1S/C20H23N5O2S/c1-3-25-10-8-13-16(11-25)28-19(17(13)18(21)26)23-20(27)22-14-5-4-6-15-12(14)7-9-24(15)2/h4-7,9H,3,8,10-11H2,1-2H3,(H2,21,26)(H2,22,23,27). The summed E-state index contributed by atoms with van der Waals surface area (Å²) >= 11 is 1.44. The van der Waals surface area contributed by atoms with E-state index in [-0.39, 0.29) is 6.03 Å². The Labute approximate surface area is 167 Å². The van der Waals surface area contributed by atoms with Crippen molar-refractivity contribution in [2.45, 2.75) is 19.9 Å². The third kappa shape index (κ3) is 3.25. The van der Waals surface area contributed by atoms with Crippen molar-refractivity contribution in [3.8, 4) is 0 Å². The van der Waals surface area contributed by atoms with Crippen LogP contribution in [0.3, 0.4) is 0 Å². The third-order valence-corrected chi connectivity index (χ3v) is 6.36. The molecule has 7 nitrogen and oxygen atoms in total. The van der Waals surface area contributed by atoms with Gasteiger partial charge in [-0.05, 0) is 36.7 Å². The molecule has 4 N–H and O–H groups in total. The van der Waals surface area contributed by atoms with Gasteiger partial charge in [0.1, 0.15) is 5.00 Å². The molecule has 0 radical (unpaired) electrons. The molecule has 0 unspecified atom stereocenters. The lowest BCUT2D eigenvalue weighted by atomic mass is 10.0. The number of nitrogens with zero attached hydrogens (tertiary/aromatic N) is 2. The summed E-state index contributed by atoms with van der Waals surface area (Å²) in [4.78, 5) is 28.1. The monoisotopic (exact) mass is 397 g/mol. The van der Waals surface area contributed by atoms with Gasteiger partial charge in [0.25, 0.3) is 5.91 Å². The fraction of sp³-hybridized carbons (Fsp3) is 0.300. The minimum absolute atomic E-state index is 0.384. The van der Waals surface area contributed by atoms with E-state index in [1.54, 1.807) is 0 Å². The highest BCUT2D eigenvalue weighted by Gasteiger charge is 2.27. The second-order valence-corrected chi connectivity index (χ2v) is 8.04. The first-order valence-electron chi connectivity index (χ1n) is 9.26. The van der Waals surface area contributed by atoms with Gasteiger partial charge >= 0.3 is 6.03 Å². The minimum Gasteiger partial charge on any atom is -0.365 e. The molecule has 1 aliphatic heterocycles. The second-order valence-electron chi connectivity index (χ2n) is 6.94. The lowest BCUT2D eigenvalue weighted by Gasteiger charge is -2.25. The molecule has 0 fully saturated rings. The van der Waals surface area contributed by atoms with Crippen LogP contribution in [0.1, 0.15) is 27.7 Å². The van der Waals surface area contributed by atoms with Gasteiger partial charge in [-0.2, -0.15) is 0 Å². The topological polar surface area (TPSA) is 92.4 Å². The number of thiophene rings is 1. The van der Waals surface area contributed by atoms with Gasteiger partial charge in [0.2, 0.25) is 0 Å². The Balaban J connectivity index is 1.59. The number of anilines is 2. The number of urea groups is 1. The molecule has 3 heterocycles. The second kappa shape index (κ2) is 7.29. The number of aromatic nitrogens is 1. The van der Waals surface area contributed by atoms with E-state index in [2.05, 4.69) is 22.5 Å². The highest BCUT2D eigenvalue weighted by atomic mass is 32.1. The Kier molecular flexibility index (Phi) is 4.82. The molecular weight excluding hydrogens is 374 g/mol. The zero-order chi connectivity index (χ0) is 19.8. The molecule has 0 saturated carbocycles. The summed E-state index contributed by atoms with van der Waals surface area (Å²) in [6.07, 6.45) is 2.72. The predicted molar refractivity (Wildman–Crippen MR) is 113 cm³/mol. The zero-order valence-corrected chi connectivity index (χ0v) is 16.7. The smallest absolute Gasteiger partial charge is 0.324 e. The Hall–Kier alpha value is -2.84. The Bertz CT molecular complexity index is 1070. The van der Waals surface area contributed by atoms with E-state index in [1.165, 1.54) is 11.3 Å².